The number of carbonyl (C=O) groups excluding carboxylic acids is 1. The van der Waals surface area contributed by atoms with Crippen molar-refractivity contribution in [2.45, 2.75) is 50.0 Å². The van der Waals surface area contributed by atoms with Crippen molar-refractivity contribution in [1.82, 2.24) is 9.62 Å². The summed E-state index contributed by atoms with van der Waals surface area (Å²) in [6, 6.07) is 5.13. The fourth-order valence-corrected chi connectivity index (χ4v) is 7.08. The van der Waals surface area contributed by atoms with Crippen molar-refractivity contribution in [2.24, 2.45) is 17.8 Å². The fourth-order valence-electron chi connectivity index (χ4n) is 5.46. The second-order valence-electron chi connectivity index (χ2n) is 8.87. The van der Waals surface area contributed by atoms with Crippen LogP contribution in [0.2, 0.25) is 0 Å². The van der Waals surface area contributed by atoms with E-state index in [9.17, 15) is 13.2 Å². The molecule has 3 fully saturated rings. The molecule has 1 saturated heterocycles. The largest absolute Gasteiger partial charge is 0.495 e. The van der Waals surface area contributed by atoms with Gasteiger partial charge in [-0.1, -0.05) is 12.5 Å². The van der Waals surface area contributed by atoms with Gasteiger partial charge in [-0.15, -0.1) is 0 Å². The number of carbonyl (C=O) groups is 1. The average molecular weight is 437 g/mol. The number of ether oxygens (including phenoxy) is 2. The number of sulfonamides is 1. The third kappa shape index (κ3) is 4.36. The van der Waals surface area contributed by atoms with Gasteiger partial charge in [0.25, 0.3) is 0 Å². The van der Waals surface area contributed by atoms with E-state index in [1.807, 2.05) is 0 Å². The van der Waals surface area contributed by atoms with Gasteiger partial charge in [-0.05, 0) is 61.6 Å². The molecule has 166 valence electrons. The number of fused-ring (bicyclic) bond motifs is 2. The number of nitrogens with zero attached hydrogens (tertiary/aromatic N) is 1. The number of amides is 1. The maximum atomic E-state index is 13.1. The molecule has 30 heavy (non-hydrogen) atoms. The Hall–Kier alpha value is -1.64. The molecule has 3 aliphatic rings. The molecule has 4 atom stereocenters. The number of morpholine rings is 1. The number of rotatable bonds is 7. The molecule has 1 N–H and O–H groups in total. The molecule has 0 unspecified atom stereocenters. The summed E-state index contributed by atoms with van der Waals surface area (Å²) in [5, 5.41) is 3.16. The van der Waals surface area contributed by atoms with Gasteiger partial charge < -0.3 is 14.8 Å². The third-order valence-corrected chi connectivity index (χ3v) is 8.92. The van der Waals surface area contributed by atoms with E-state index in [-0.39, 0.29) is 23.3 Å². The van der Waals surface area contributed by atoms with Crippen LogP contribution in [-0.2, 0) is 26.0 Å². The summed E-state index contributed by atoms with van der Waals surface area (Å²) in [5.41, 5.74) is 0.667. The second-order valence-corrected chi connectivity index (χ2v) is 10.8. The summed E-state index contributed by atoms with van der Waals surface area (Å²) in [4.78, 5) is 12.8. The van der Waals surface area contributed by atoms with Gasteiger partial charge in [-0.25, -0.2) is 8.42 Å². The third-order valence-electron chi connectivity index (χ3n) is 7.00. The Labute approximate surface area is 179 Å². The Morgan fingerprint density at radius 1 is 1.27 bits per heavy atom. The van der Waals surface area contributed by atoms with Gasteiger partial charge in [0.1, 0.15) is 10.6 Å². The smallest absolute Gasteiger partial charge is 0.246 e. The molecule has 2 bridgehead atoms. The molecule has 0 aromatic heterocycles. The van der Waals surface area contributed by atoms with Crippen molar-refractivity contribution in [2.75, 3.05) is 33.4 Å². The second kappa shape index (κ2) is 8.85. The number of nitrogens with one attached hydrogen (secondary N) is 1. The number of methoxy groups -OCH3 is 1. The van der Waals surface area contributed by atoms with Crippen molar-refractivity contribution in [1.29, 1.82) is 0 Å². The Balaban J connectivity index is 1.45. The van der Waals surface area contributed by atoms with Crippen LogP contribution >= 0.6 is 0 Å². The highest BCUT2D eigenvalue weighted by Crippen LogP contribution is 2.49. The van der Waals surface area contributed by atoms with E-state index in [0.29, 0.717) is 43.5 Å². The van der Waals surface area contributed by atoms with E-state index in [2.05, 4.69) is 12.2 Å². The maximum Gasteiger partial charge on any atom is 0.246 e. The SMILES string of the molecule is COc1ccc(CC(=O)N[C@@H](C)[C@H]2C[C@H]3CC[C@H]2C3)cc1S(=O)(=O)N1CCOCC1. The monoisotopic (exact) mass is 436 g/mol. The van der Waals surface area contributed by atoms with E-state index in [1.54, 1.807) is 18.2 Å². The summed E-state index contributed by atoms with van der Waals surface area (Å²) in [6.07, 6.45) is 5.31. The van der Waals surface area contributed by atoms with Crippen molar-refractivity contribution in [3.05, 3.63) is 23.8 Å². The molecule has 0 radical (unpaired) electrons. The zero-order chi connectivity index (χ0) is 21.3. The Morgan fingerprint density at radius 3 is 2.67 bits per heavy atom. The first-order chi connectivity index (χ1) is 14.4. The predicted octanol–water partition coefficient (Wildman–Crippen LogP) is 2.20. The highest BCUT2D eigenvalue weighted by atomic mass is 32.2. The van der Waals surface area contributed by atoms with Gasteiger partial charge in [0.2, 0.25) is 15.9 Å². The minimum absolute atomic E-state index is 0.0647. The van der Waals surface area contributed by atoms with Gasteiger partial charge in [0, 0.05) is 19.1 Å². The molecule has 7 nitrogen and oxygen atoms in total. The summed E-state index contributed by atoms with van der Waals surface area (Å²) >= 11 is 0. The predicted molar refractivity (Wildman–Crippen MR) is 113 cm³/mol. The molecule has 8 heteroatoms. The zero-order valence-corrected chi connectivity index (χ0v) is 18.6. The van der Waals surface area contributed by atoms with Crippen LogP contribution in [0.15, 0.2) is 23.1 Å². The van der Waals surface area contributed by atoms with Crippen LogP contribution in [0.3, 0.4) is 0 Å². The van der Waals surface area contributed by atoms with E-state index in [1.165, 1.54) is 37.1 Å². The minimum Gasteiger partial charge on any atom is -0.495 e. The highest BCUT2D eigenvalue weighted by molar-refractivity contribution is 7.89. The lowest BCUT2D eigenvalue weighted by molar-refractivity contribution is -0.121. The minimum atomic E-state index is -3.71. The molecule has 0 spiro atoms. The van der Waals surface area contributed by atoms with Crippen LogP contribution in [0.5, 0.6) is 5.75 Å². The summed E-state index contributed by atoms with van der Waals surface area (Å²) in [6.45, 7) is 3.50. The van der Waals surface area contributed by atoms with E-state index >= 15 is 0 Å². The molecule has 1 amide bonds. The van der Waals surface area contributed by atoms with Gasteiger partial charge in [0.15, 0.2) is 0 Å². The van der Waals surface area contributed by atoms with Crippen LogP contribution < -0.4 is 10.1 Å². The van der Waals surface area contributed by atoms with Crippen LogP contribution in [0.25, 0.3) is 0 Å². The lowest BCUT2D eigenvalue weighted by Gasteiger charge is -2.28. The van der Waals surface area contributed by atoms with Crippen LogP contribution in [0.1, 0.15) is 38.2 Å². The number of benzene rings is 1. The fraction of sp³-hybridized carbons (Fsp3) is 0.682. The molecule has 1 heterocycles. The van der Waals surface area contributed by atoms with Gasteiger partial charge in [-0.3, -0.25) is 4.79 Å². The average Bonchev–Trinajstić information content (AvgIpc) is 3.38. The highest BCUT2D eigenvalue weighted by Gasteiger charge is 2.42. The standard InChI is InChI=1S/C22H32N2O5S/c1-15(19-12-16-3-5-18(19)11-16)23-22(25)14-17-4-6-20(28-2)21(13-17)30(26,27)24-7-9-29-10-8-24/h4,6,13,15-16,18-19H,3,5,7-12,14H2,1-2H3,(H,23,25)/t15-,16-,18-,19+/m0/s1. The summed E-state index contributed by atoms with van der Waals surface area (Å²) in [5.74, 6) is 2.39. The first-order valence-corrected chi connectivity index (χ1v) is 12.4. The van der Waals surface area contributed by atoms with Gasteiger partial charge in [-0.2, -0.15) is 4.31 Å². The van der Waals surface area contributed by atoms with Crippen LogP contribution in [0, 0.1) is 17.8 Å². The van der Waals surface area contributed by atoms with Crippen molar-refractivity contribution in [3.8, 4) is 5.75 Å². The van der Waals surface area contributed by atoms with Crippen LogP contribution in [0.4, 0.5) is 0 Å². The molecule has 1 aromatic carbocycles. The molecule has 2 aliphatic carbocycles. The van der Waals surface area contributed by atoms with Crippen molar-refractivity contribution < 1.29 is 22.7 Å². The number of hydrogen-bond acceptors (Lipinski definition) is 5. The normalized spacial score (nSPS) is 27.7. The van der Waals surface area contributed by atoms with Gasteiger partial charge in [0.05, 0.1) is 26.7 Å². The van der Waals surface area contributed by atoms with Crippen LogP contribution in [-0.4, -0.2) is 58.1 Å². The zero-order valence-electron chi connectivity index (χ0n) is 17.8. The first-order valence-electron chi connectivity index (χ1n) is 10.9. The number of hydrogen-bond donors (Lipinski definition) is 1. The molecule has 4 rings (SSSR count). The lowest BCUT2D eigenvalue weighted by atomic mass is 9.84. The van der Waals surface area contributed by atoms with E-state index < -0.39 is 10.0 Å². The topological polar surface area (TPSA) is 84.9 Å². The Morgan fingerprint density at radius 2 is 2.03 bits per heavy atom. The lowest BCUT2D eigenvalue weighted by Crippen LogP contribution is -2.41. The molecular weight excluding hydrogens is 404 g/mol. The summed E-state index contributed by atoms with van der Waals surface area (Å²) in [7, 11) is -2.25. The van der Waals surface area contributed by atoms with E-state index in [0.717, 1.165) is 11.8 Å². The van der Waals surface area contributed by atoms with Gasteiger partial charge >= 0.3 is 0 Å². The maximum absolute atomic E-state index is 13.1. The molecule has 2 saturated carbocycles. The Bertz CT molecular complexity index is 882. The molecular formula is C22H32N2O5S. The van der Waals surface area contributed by atoms with Crippen molar-refractivity contribution >= 4 is 15.9 Å². The quantitative estimate of drug-likeness (QED) is 0.708. The Kier molecular flexibility index (Phi) is 6.36. The van der Waals surface area contributed by atoms with E-state index in [4.69, 9.17) is 9.47 Å². The summed E-state index contributed by atoms with van der Waals surface area (Å²) < 4.78 is 38.2. The first kappa shape index (κ1) is 21.6. The molecule has 1 aliphatic heterocycles. The van der Waals surface area contributed by atoms with Crippen molar-refractivity contribution in [3.63, 3.8) is 0 Å². The molecule has 1 aromatic rings.